The second kappa shape index (κ2) is 8.85. The maximum Gasteiger partial charge on any atom is 0.343 e. The number of carboxylic acid groups (broad SMARTS) is 1. The number of aromatic nitrogens is 3. The highest BCUT2D eigenvalue weighted by atomic mass is 19.1. The molecule has 0 saturated heterocycles. The summed E-state index contributed by atoms with van der Waals surface area (Å²) in [5.74, 6) is -1.31. The lowest BCUT2D eigenvalue weighted by atomic mass is 10.1. The third kappa shape index (κ3) is 4.19. The molecule has 2 heterocycles. The molecule has 3 aromatic rings. The number of hydrogen-bond acceptors (Lipinski definition) is 8. The van der Waals surface area contributed by atoms with Gasteiger partial charge in [-0.2, -0.15) is 5.26 Å². The summed E-state index contributed by atoms with van der Waals surface area (Å²) in [7, 11) is 0. The number of rotatable bonds is 8. The average molecular weight is 427 g/mol. The van der Waals surface area contributed by atoms with Crippen LogP contribution in [0, 0.1) is 17.1 Å². The van der Waals surface area contributed by atoms with Crippen molar-refractivity contribution in [1.82, 2.24) is 14.6 Å². The molecule has 11 heteroatoms. The van der Waals surface area contributed by atoms with Crippen LogP contribution in [0.1, 0.15) is 35.3 Å². The van der Waals surface area contributed by atoms with Gasteiger partial charge in [-0.25, -0.2) is 18.7 Å². The van der Waals surface area contributed by atoms with Crippen molar-refractivity contribution in [1.29, 1.82) is 5.26 Å². The molecule has 0 fully saturated rings. The van der Waals surface area contributed by atoms with Crippen molar-refractivity contribution in [2.75, 3.05) is 23.7 Å². The third-order valence-corrected chi connectivity index (χ3v) is 4.76. The van der Waals surface area contributed by atoms with E-state index in [0.717, 1.165) is 0 Å². The molecule has 0 amide bonds. The van der Waals surface area contributed by atoms with Gasteiger partial charge in [0, 0.05) is 31.4 Å². The lowest BCUT2D eigenvalue weighted by molar-refractivity contribution is 0.0700. The molecule has 31 heavy (non-hydrogen) atoms. The van der Waals surface area contributed by atoms with E-state index in [4.69, 9.17) is 16.2 Å². The van der Waals surface area contributed by atoms with Crippen molar-refractivity contribution in [2.45, 2.75) is 26.5 Å². The standard InChI is InChI=1S/C20H22FN7O3/c1-3-27(16-6-7-28-19(25-16)17(20(29)30)18(24)26-28)10-13-12(9-23)14(21)4-5-15(13)31-11(2)8-22/h4-7,11H,3,8,10,22H2,1-2H3,(H2,24,26)(H,29,30)/t11-/m0/s1. The average Bonchev–Trinajstić information content (AvgIpc) is 3.08. The Labute approximate surface area is 177 Å². The number of nitrogens with two attached hydrogens (primary N) is 2. The first kappa shape index (κ1) is 21.8. The summed E-state index contributed by atoms with van der Waals surface area (Å²) in [5.41, 5.74) is 11.4. The molecule has 10 nitrogen and oxygen atoms in total. The van der Waals surface area contributed by atoms with Gasteiger partial charge in [0.2, 0.25) is 0 Å². The summed E-state index contributed by atoms with van der Waals surface area (Å²) in [6.45, 7) is 4.39. The molecule has 0 aliphatic rings. The minimum Gasteiger partial charge on any atom is -0.489 e. The van der Waals surface area contributed by atoms with Gasteiger partial charge in [0.1, 0.15) is 35.1 Å². The van der Waals surface area contributed by atoms with E-state index in [1.165, 1.54) is 22.8 Å². The Morgan fingerprint density at radius 1 is 1.45 bits per heavy atom. The molecule has 3 rings (SSSR count). The van der Waals surface area contributed by atoms with E-state index in [2.05, 4.69) is 10.1 Å². The number of benzene rings is 1. The molecule has 162 valence electrons. The van der Waals surface area contributed by atoms with Crippen LogP contribution in [0.5, 0.6) is 5.75 Å². The van der Waals surface area contributed by atoms with Gasteiger partial charge in [-0.3, -0.25) is 0 Å². The molecule has 0 bridgehead atoms. The van der Waals surface area contributed by atoms with E-state index in [0.29, 0.717) is 23.7 Å². The SMILES string of the molecule is CCN(Cc1c(O[C@@H](C)CN)ccc(F)c1C#N)c1ccn2nc(N)c(C(=O)O)c2n1. The van der Waals surface area contributed by atoms with E-state index in [1.807, 2.05) is 13.0 Å². The fraction of sp³-hybridized carbons (Fsp3) is 0.300. The molecule has 0 unspecified atom stereocenters. The van der Waals surface area contributed by atoms with E-state index >= 15 is 0 Å². The molecule has 2 aromatic heterocycles. The summed E-state index contributed by atoms with van der Waals surface area (Å²) in [6.07, 6.45) is 1.20. The molecule has 0 saturated carbocycles. The van der Waals surface area contributed by atoms with Gasteiger partial charge in [0.25, 0.3) is 0 Å². The number of nitriles is 1. The molecule has 1 aromatic carbocycles. The number of nitrogen functional groups attached to an aromatic ring is 1. The first-order chi connectivity index (χ1) is 14.8. The van der Waals surface area contributed by atoms with Crippen LogP contribution in [-0.2, 0) is 6.54 Å². The second-order valence-corrected chi connectivity index (χ2v) is 6.81. The number of nitrogens with zero attached hydrogens (tertiary/aromatic N) is 5. The molecular weight excluding hydrogens is 405 g/mol. The Morgan fingerprint density at radius 3 is 2.81 bits per heavy atom. The van der Waals surface area contributed by atoms with E-state index in [-0.39, 0.29) is 41.8 Å². The predicted octanol–water partition coefficient (Wildman–Crippen LogP) is 1.77. The number of carbonyl (C=O) groups is 1. The zero-order valence-corrected chi connectivity index (χ0v) is 17.0. The van der Waals surface area contributed by atoms with Crippen molar-refractivity contribution >= 4 is 23.3 Å². The predicted molar refractivity (Wildman–Crippen MR) is 111 cm³/mol. The number of ether oxygens (including phenoxy) is 1. The topological polar surface area (TPSA) is 156 Å². The number of hydrogen-bond donors (Lipinski definition) is 3. The molecule has 0 aliphatic heterocycles. The monoisotopic (exact) mass is 427 g/mol. The second-order valence-electron chi connectivity index (χ2n) is 6.81. The first-order valence-corrected chi connectivity index (χ1v) is 9.51. The highest BCUT2D eigenvalue weighted by molar-refractivity contribution is 5.99. The zero-order valence-electron chi connectivity index (χ0n) is 17.0. The van der Waals surface area contributed by atoms with Crippen LogP contribution < -0.4 is 21.1 Å². The Morgan fingerprint density at radius 2 is 2.19 bits per heavy atom. The van der Waals surface area contributed by atoms with E-state index in [9.17, 15) is 19.6 Å². The minimum atomic E-state index is -1.25. The Kier molecular flexibility index (Phi) is 6.22. The van der Waals surface area contributed by atoms with Crippen LogP contribution in [-0.4, -0.2) is 44.9 Å². The molecular formula is C20H22FN7O3. The fourth-order valence-electron chi connectivity index (χ4n) is 3.12. The number of halogens is 1. The van der Waals surface area contributed by atoms with Crippen molar-refractivity contribution in [3.8, 4) is 11.8 Å². The molecule has 5 N–H and O–H groups in total. The highest BCUT2D eigenvalue weighted by Gasteiger charge is 2.22. The van der Waals surface area contributed by atoms with Gasteiger partial charge in [0.15, 0.2) is 11.5 Å². The van der Waals surface area contributed by atoms with Gasteiger partial charge in [-0.15, -0.1) is 5.10 Å². The highest BCUT2D eigenvalue weighted by Crippen LogP contribution is 2.29. The normalized spacial score (nSPS) is 11.8. The quantitative estimate of drug-likeness (QED) is 0.487. The van der Waals surface area contributed by atoms with Crippen molar-refractivity contribution in [3.05, 3.63) is 46.9 Å². The molecule has 1 atom stereocenters. The lowest BCUT2D eigenvalue weighted by Crippen LogP contribution is -2.27. The fourth-order valence-corrected chi connectivity index (χ4v) is 3.12. The van der Waals surface area contributed by atoms with Crippen LogP contribution in [0.4, 0.5) is 16.0 Å². The summed E-state index contributed by atoms with van der Waals surface area (Å²) in [4.78, 5) is 17.7. The Hall–Kier alpha value is -3.91. The minimum absolute atomic E-state index is 0.0777. The Balaban J connectivity index is 2.07. The number of aromatic carboxylic acids is 1. The largest absolute Gasteiger partial charge is 0.489 e. The van der Waals surface area contributed by atoms with Gasteiger partial charge in [-0.1, -0.05) is 0 Å². The van der Waals surface area contributed by atoms with Crippen molar-refractivity contribution < 1.29 is 19.0 Å². The van der Waals surface area contributed by atoms with Gasteiger partial charge < -0.3 is 26.2 Å². The molecule has 0 radical (unpaired) electrons. The van der Waals surface area contributed by atoms with Gasteiger partial charge in [-0.05, 0) is 32.0 Å². The summed E-state index contributed by atoms with van der Waals surface area (Å²) in [6, 6.07) is 6.16. The lowest BCUT2D eigenvalue weighted by Gasteiger charge is -2.25. The van der Waals surface area contributed by atoms with Crippen LogP contribution in [0.3, 0.4) is 0 Å². The first-order valence-electron chi connectivity index (χ1n) is 9.51. The van der Waals surface area contributed by atoms with Crippen LogP contribution in [0.25, 0.3) is 5.65 Å². The van der Waals surface area contributed by atoms with Gasteiger partial charge in [0.05, 0.1) is 5.56 Å². The third-order valence-electron chi connectivity index (χ3n) is 4.76. The van der Waals surface area contributed by atoms with E-state index in [1.54, 1.807) is 17.9 Å². The van der Waals surface area contributed by atoms with E-state index < -0.39 is 11.8 Å². The van der Waals surface area contributed by atoms with Crippen LogP contribution >= 0.6 is 0 Å². The summed E-state index contributed by atoms with van der Waals surface area (Å²) >= 11 is 0. The number of fused-ring (bicyclic) bond motifs is 1. The summed E-state index contributed by atoms with van der Waals surface area (Å²) in [5, 5.41) is 22.9. The number of anilines is 2. The maximum atomic E-state index is 14.3. The van der Waals surface area contributed by atoms with Crippen LogP contribution in [0.2, 0.25) is 0 Å². The van der Waals surface area contributed by atoms with Crippen molar-refractivity contribution in [2.24, 2.45) is 5.73 Å². The van der Waals surface area contributed by atoms with Crippen LogP contribution in [0.15, 0.2) is 24.4 Å². The smallest absolute Gasteiger partial charge is 0.343 e. The van der Waals surface area contributed by atoms with Gasteiger partial charge >= 0.3 is 5.97 Å². The maximum absolute atomic E-state index is 14.3. The molecule has 0 spiro atoms. The number of carboxylic acids is 1. The van der Waals surface area contributed by atoms with Crippen molar-refractivity contribution in [3.63, 3.8) is 0 Å². The summed E-state index contributed by atoms with van der Waals surface area (Å²) < 4.78 is 21.4. The molecule has 0 aliphatic carbocycles. The Bertz CT molecular complexity index is 1170. The zero-order chi connectivity index (χ0) is 22.7.